The molecule has 2 aliphatic heterocycles. The average Bonchev–Trinajstić information content (AvgIpc) is 3.18. The molecule has 2 amide bonds. The van der Waals surface area contributed by atoms with E-state index in [9.17, 15) is 9.59 Å². The van der Waals surface area contributed by atoms with Gasteiger partial charge in [0.15, 0.2) is 0 Å². The van der Waals surface area contributed by atoms with E-state index in [4.69, 9.17) is 4.98 Å². The fraction of sp³-hybridized carbons (Fsp3) is 0.326. The molecule has 53 heavy (non-hydrogen) atoms. The molecular weight excluding hydrogens is 655 g/mol. The van der Waals surface area contributed by atoms with Crippen LogP contribution in [0.15, 0.2) is 116 Å². The number of nitrogens with zero attached hydrogens (tertiary/aromatic N) is 3. The zero-order valence-electron chi connectivity index (χ0n) is 31.9. The van der Waals surface area contributed by atoms with E-state index in [0.717, 1.165) is 97.6 Å². The van der Waals surface area contributed by atoms with Gasteiger partial charge in [-0.05, 0) is 123 Å². The van der Waals surface area contributed by atoms with Crippen molar-refractivity contribution in [3.8, 4) is 0 Å². The topological polar surface area (TPSA) is 77.6 Å². The predicted molar refractivity (Wildman–Crippen MR) is 221 cm³/mol. The summed E-state index contributed by atoms with van der Waals surface area (Å²) in [6, 6.07) is 16.3. The van der Waals surface area contributed by atoms with E-state index in [1.165, 1.54) is 5.56 Å². The summed E-state index contributed by atoms with van der Waals surface area (Å²) in [5.74, 6) is 0.912. The maximum Gasteiger partial charge on any atom is 0.251 e. The monoisotopic (exact) mass is 709 g/mol. The van der Waals surface area contributed by atoms with Crippen LogP contribution in [-0.2, 0) is 6.54 Å². The lowest BCUT2D eigenvalue weighted by Gasteiger charge is -2.34. The molecule has 5 rings (SSSR count). The number of aryl methyl sites for hydroxylation is 2. The highest BCUT2D eigenvalue weighted by atomic mass is 16.2. The molecule has 0 radical (unpaired) electrons. The molecule has 2 N–H and O–H groups in total. The van der Waals surface area contributed by atoms with E-state index in [1.807, 2.05) is 105 Å². The van der Waals surface area contributed by atoms with Crippen LogP contribution in [0.1, 0.15) is 88.1 Å². The lowest BCUT2D eigenvalue weighted by Crippen LogP contribution is -2.45. The van der Waals surface area contributed by atoms with Crippen LogP contribution >= 0.6 is 0 Å². The molecule has 0 unspecified atom stereocenters. The molecule has 2 aromatic carbocycles. The highest BCUT2D eigenvalue weighted by Crippen LogP contribution is 2.25. The number of carbonyl (C=O) groups excluding carboxylic acids is 2. The van der Waals surface area contributed by atoms with Gasteiger partial charge >= 0.3 is 0 Å². The number of benzene rings is 2. The number of likely N-dealkylation sites (tertiary alicyclic amines) is 1. The lowest BCUT2D eigenvalue weighted by atomic mass is 9.96. The van der Waals surface area contributed by atoms with E-state index >= 15 is 0 Å². The van der Waals surface area contributed by atoms with Crippen molar-refractivity contribution < 1.29 is 9.59 Å². The third-order valence-corrected chi connectivity index (χ3v) is 10.3. The van der Waals surface area contributed by atoms with Crippen molar-refractivity contribution in [1.29, 1.82) is 0 Å². The van der Waals surface area contributed by atoms with Crippen molar-refractivity contribution in [2.75, 3.05) is 31.1 Å². The minimum absolute atomic E-state index is 0.0265. The van der Waals surface area contributed by atoms with Gasteiger partial charge in [0, 0.05) is 62.1 Å². The Bertz CT molecular complexity index is 1880. The molecule has 0 atom stereocenters. The maximum atomic E-state index is 13.2. The van der Waals surface area contributed by atoms with Crippen LogP contribution in [0.4, 0.5) is 5.82 Å². The summed E-state index contributed by atoms with van der Waals surface area (Å²) in [5.41, 5.74) is 8.80. The average molecular weight is 710 g/mol. The molecule has 1 aromatic heterocycles. The van der Waals surface area contributed by atoms with Gasteiger partial charge in [-0.25, -0.2) is 4.98 Å². The van der Waals surface area contributed by atoms with Crippen LogP contribution in [0.2, 0.25) is 0 Å². The maximum absolute atomic E-state index is 13.2. The molecule has 0 saturated carbocycles. The van der Waals surface area contributed by atoms with Gasteiger partial charge in [0.05, 0.1) is 0 Å². The van der Waals surface area contributed by atoms with E-state index in [-0.39, 0.29) is 23.9 Å². The van der Waals surface area contributed by atoms with Gasteiger partial charge < -0.3 is 15.5 Å². The van der Waals surface area contributed by atoms with Gasteiger partial charge in [-0.15, -0.1) is 0 Å². The molecule has 7 nitrogen and oxygen atoms in total. The van der Waals surface area contributed by atoms with Crippen molar-refractivity contribution in [1.82, 2.24) is 20.5 Å². The van der Waals surface area contributed by atoms with Crippen LogP contribution in [0.3, 0.4) is 0 Å². The molecular formula is C46H55N5O2. The molecule has 3 heterocycles. The van der Waals surface area contributed by atoms with E-state index in [2.05, 4.69) is 59.6 Å². The van der Waals surface area contributed by atoms with Gasteiger partial charge in [-0.2, -0.15) is 0 Å². The number of hydrogen-bond acceptors (Lipinski definition) is 5. The summed E-state index contributed by atoms with van der Waals surface area (Å²) in [6.07, 6.45) is 21.2. The third-order valence-electron chi connectivity index (χ3n) is 10.3. The molecule has 0 bridgehead atoms. The number of rotatable bonds is 13. The van der Waals surface area contributed by atoms with Crippen molar-refractivity contribution in [3.05, 3.63) is 155 Å². The Hall–Kier alpha value is -5.27. The number of piperidine rings is 2. The van der Waals surface area contributed by atoms with Gasteiger partial charge in [-0.3, -0.25) is 14.5 Å². The highest BCUT2D eigenvalue weighted by Gasteiger charge is 2.24. The van der Waals surface area contributed by atoms with Crippen LogP contribution in [-0.4, -0.2) is 60.0 Å². The summed E-state index contributed by atoms with van der Waals surface area (Å²) < 4.78 is 0. The van der Waals surface area contributed by atoms with E-state index in [0.29, 0.717) is 11.1 Å². The van der Waals surface area contributed by atoms with Crippen molar-refractivity contribution in [3.63, 3.8) is 0 Å². The molecule has 3 aromatic rings. The SMILES string of the molecule is C=C/C(=C\C=C/C)c1cc(C(=O)NC2CCN(Cc3ccc(N4CCC(NC(=O)c5ccc(C)c(/C(C=C)=C/C=C\C)c5)CC4)nc3)CC2)ccc1C. The number of anilines is 1. The first kappa shape index (κ1) is 38.9. The first-order valence-corrected chi connectivity index (χ1v) is 18.9. The normalized spacial score (nSPS) is 16.6. The summed E-state index contributed by atoms with van der Waals surface area (Å²) >= 11 is 0. The van der Waals surface area contributed by atoms with Crippen molar-refractivity contribution >= 4 is 28.8 Å². The van der Waals surface area contributed by atoms with Crippen LogP contribution in [0.5, 0.6) is 0 Å². The molecule has 2 fully saturated rings. The third kappa shape index (κ3) is 10.4. The number of aromatic nitrogens is 1. The van der Waals surface area contributed by atoms with Crippen LogP contribution in [0.25, 0.3) is 11.1 Å². The number of carbonyl (C=O) groups is 2. The quantitative estimate of drug-likeness (QED) is 0.174. The molecule has 2 aliphatic rings. The van der Waals surface area contributed by atoms with Gasteiger partial charge in [-0.1, -0.05) is 80.0 Å². The first-order valence-electron chi connectivity index (χ1n) is 18.9. The fourth-order valence-electron chi connectivity index (χ4n) is 7.07. The summed E-state index contributed by atoms with van der Waals surface area (Å²) in [6.45, 7) is 20.4. The second kappa shape index (κ2) is 19.0. The summed E-state index contributed by atoms with van der Waals surface area (Å²) in [5, 5.41) is 6.54. The molecule has 7 heteroatoms. The van der Waals surface area contributed by atoms with E-state index < -0.39 is 0 Å². The number of hydrogen-bond donors (Lipinski definition) is 2. The largest absolute Gasteiger partial charge is 0.356 e. The number of pyridine rings is 1. The fourth-order valence-corrected chi connectivity index (χ4v) is 7.07. The van der Waals surface area contributed by atoms with Gasteiger partial charge in [0.2, 0.25) is 0 Å². The Balaban J connectivity index is 1.07. The van der Waals surface area contributed by atoms with Crippen LogP contribution < -0.4 is 15.5 Å². The Morgan fingerprint density at radius 1 is 0.736 bits per heavy atom. The Labute approximate surface area is 316 Å². The van der Waals surface area contributed by atoms with Gasteiger partial charge in [0.1, 0.15) is 5.82 Å². The highest BCUT2D eigenvalue weighted by molar-refractivity contribution is 5.96. The standard InChI is InChI=1S/C46H55N5O2/c1-7-11-13-36(9-3)42-29-38(18-15-33(42)5)45(52)48-40-21-25-50(26-22-40)32-35-17-20-44(47-31-35)51-27-23-41(24-28-51)49-46(53)39-19-16-34(6)43(30-39)37(10-4)14-12-8-2/h7-20,29-31,40-41H,3-4,21-28,32H2,1-2,5-6H3,(H,48,52)(H,49,53)/b11-7-,12-8-,36-13+,37-14+. The molecule has 276 valence electrons. The molecule has 2 saturated heterocycles. The molecule has 0 spiro atoms. The first-order chi connectivity index (χ1) is 25.7. The number of allylic oxidation sites excluding steroid dienone is 10. The van der Waals surface area contributed by atoms with E-state index in [1.54, 1.807) is 0 Å². The Morgan fingerprint density at radius 2 is 1.23 bits per heavy atom. The molecule has 0 aliphatic carbocycles. The minimum atomic E-state index is -0.0379. The summed E-state index contributed by atoms with van der Waals surface area (Å²) in [7, 11) is 0. The zero-order chi connectivity index (χ0) is 37.7. The number of amides is 2. The lowest BCUT2D eigenvalue weighted by molar-refractivity contribution is 0.0906. The Kier molecular flexibility index (Phi) is 14.0. The zero-order valence-corrected chi connectivity index (χ0v) is 31.9. The smallest absolute Gasteiger partial charge is 0.251 e. The van der Waals surface area contributed by atoms with Crippen molar-refractivity contribution in [2.24, 2.45) is 0 Å². The minimum Gasteiger partial charge on any atom is -0.356 e. The summed E-state index contributed by atoms with van der Waals surface area (Å²) in [4.78, 5) is 36.0. The Morgan fingerprint density at radius 3 is 1.66 bits per heavy atom. The van der Waals surface area contributed by atoms with Crippen LogP contribution in [0, 0.1) is 13.8 Å². The second-order valence-electron chi connectivity index (χ2n) is 14.0. The number of nitrogens with one attached hydrogen (secondary N) is 2. The van der Waals surface area contributed by atoms with Crippen molar-refractivity contribution in [2.45, 2.75) is 72.0 Å². The van der Waals surface area contributed by atoms with Gasteiger partial charge in [0.25, 0.3) is 11.8 Å². The predicted octanol–water partition coefficient (Wildman–Crippen LogP) is 8.78. The second-order valence-corrected chi connectivity index (χ2v) is 14.0.